The lowest BCUT2D eigenvalue weighted by atomic mass is 10.1. The average Bonchev–Trinajstić information content (AvgIpc) is 3.30. The molecule has 3 aromatic rings. The predicted octanol–water partition coefficient (Wildman–Crippen LogP) is 4.43. The van der Waals surface area contributed by atoms with Gasteiger partial charge in [0.15, 0.2) is 16.6 Å². The highest BCUT2D eigenvalue weighted by Crippen LogP contribution is 2.39. The number of anilines is 1. The van der Waals surface area contributed by atoms with E-state index in [9.17, 15) is 4.79 Å². The molecule has 0 saturated carbocycles. The number of methoxy groups -OCH3 is 3. The monoisotopic (exact) mass is 455 g/mol. The number of carbonyl (C=O) groups is 1. The lowest BCUT2D eigenvalue weighted by molar-refractivity contribution is 0.0985. The number of hydrogen-bond acceptors (Lipinski definition) is 7. The lowest BCUT2D eigenvalue weighted by Crippen LogP contribution is -2.33. The van der Waals surface area contributed by atoms with Gasteiger partial charge in [-0.3, -0.25) is 9.69 Å². The van der Waals surface area contributed by atoms with Crippen molar-refractivity contribution >= 4 is 22.4 Å². The lowest BCUT2D eigenvalue weighted by Gasteiger charge is -2.22. The third-order valence-corrected chi connectivity index (χ3v) is 5.80. The summed E-state index contributed by atoms with van der Waals surface area (Å²) in [4.78, 5) is 22.2. The van der Waals surface area contributed by atoms with Crippen molar-refractivity contribution in [3.63, 3.8) is 0 Å². The molecule has 0 unspecified atom stereocenters. The van der Waals surface area contributed by atoms with Crippen molar-refractivity contribution in [1.29, 1.82) is 0 Å². The number of nitrogens with zero attached hydrogens (tertiary/aromatic N) is 3. The van der Waals surface area contributed by atoms with Crippen molar-refractivity contribution < 1.29 is 19.0 Å². The molecule has 0 spiro atoms. The van der Waals surface area contributed by atoms with Crippen LogP contribution in [0, 0.1) is 0 Å². The molecule has 1 amide bonds. The summed E-state index contributed by atoms with van der Waals surface area (Å²) in [6, 6.07) is 13.3. The fourth-order valence-electron chi connectivity index (χ4n) is 3.32. The summed E-state index contributed by atoms with van der Waals surface area (Å²) in [7, 11) is 8.64. The van der Waals surface area contributed by atoms with Crippen LogP contribution < -0.4 is 19.1 Å². The number of rotatable bonds is 10. The quantitative estimate of drug-likeness (QED) is 0.451. The maximum Gasteiger partial charge on any atom is 0.260 e. The molecular formula is C24H29N3O4S. The third kappa shape index (κ3) is 5.38. The molecular weight excluding hydrogens is 426 g/mol. The summed E-state index contributed by atoms with van der Waals surface area (Å²) >= 11 is 1.46. The second kappa shape index (κ2) is 11.0. The number of benzene rings is 2. The van der Waals surface area contributed by atoms with Crippen molar-refractivity contribution in [2.45, 2.75) is 6.42 Å². The minimum atomic E-state index is -0.169. The van der Waals surface area contributed by atoms with E-state index in [-0.39, 0.29) is 5.91 Å². The van der Waals surface area contributed by atoms with E-state index in [4.69, 9.17) is 19.2 Å². The highest BCUT2D eigenvalue weighted by molar-refractivity contribution is 7.14. The zero-order valence-corrected chi connectivity index (χ0v) is 19.9. The molecule has 3 rings (SSSR count). The Kier molecular flexibility index (Phi) is 8.08. The summed E-state index contributed by atoms with van der Waals surface area (Å²) in [6.07, 6.45) is 0.809. The molecule has 0 atom stereocenters. The van der Waals surface area contributed by atoms with Gasteiger partial charge in [0.05, 0.1) is 27.0 Å². The van der Waals surface area contributed by atoms with Crippen LogP contribution >= 0.6 is 11.3 Å². The van der Waals surface area contributed by atoms with Crippen LogP contribution in [0.3, 0.4) is 0 Å². The molecule has 0 aliphatic rings. The highest BCUT2D eigenvalue weighted by atomic mass is 32.1. The van der Waals surface area contributed by atoms with Gasteiger partial charge in [-0.2, -0.15) is 0 Å². The molecule has 32 heavy (non-hydrogen) atoms. The van der Waals surface area contributed by atoms with E-state index in [1.807, 2.05) is 49.8 Å². The minimum Gasteiger partial charge on any atom is -0.493 e. The normalized spacial score (nSPS) is 10.8. The highest BCUT2D eigenvalue weighted by Gasteiger charge is 2.24. The SMILES string of the molecule is COc1cc(C(=O)N(CCCN(C)C)c2nc(-c3ccccc3)cs2)cc(OC)c1OC. The van der Waals surface area contributed by atoms with Gasteiger partial charge in [-0.1, -0.05) is 30.3 Å². The first-order chi connectivity index (χ1) is 15.5. The number of ether oxygens (including phenoxy) is 3. The second-order valence-electron chi connectivity index (χ2n) is 7.41. The topological polar surface area (TPSA) is 64.1 Å². The van der Waals surface area contributed by atoms with Crippen LogP contribution in [0.4, 0.5) is 5.13 Å². The Morgan fingerprint density at radius 2 is 1.62 bits per heavy atom. The maximum atomic E-state index is 13.6. The van der Waals surface area contributed by atoms with E-state index in [0.717, 1.165) is 24.2 Å². The Hall–Kier alpha value is -3.10. The molecule has 1 heterocycles. The molecule has 0 aliphatic carbocycles. The third-order valence-electron chi connectivity index (χ3n) is 4.94. The van der Waals surface area contributed by atoms with Crippen LogP contribution in [0.1, 0.15) is 16.8 Å². The van der Waals surface area contributed by atoms with E-state index < -0.39 is 0 Å². The number of aromatic nitrogens is 1. The Balaban J connectivity index is 1.97. The molecule has 0 radical (unpaired) electrons. The molecule has 0 aliphatic heterocycles. The summed E-state index contributed by atoms with van der Waals surface area (Å²) < 4.78 is 16.3. The van der Waals surface area contributed by atoms with Crippen LogP contribution in [-0.4, -0.2) is 64.3 Å². The molecule has 8 heteroatoms. The molecule has 0 N–H and O–H groups in total. The number of hydrogen-bond donors (Lipinski definition) is 0. The first kappa shape index (κ1) is 23.6. The summed E-state index contributed by atoms with van der Waals surface area (Å²) in [5.41, 5.74) is 2.31. The summed E-state index contributed by atoms with van der Waals surface area (Å²) in [5, 5.41) is 2.63. The standard InChI is InChI=1S/C24H29N3O4S/c1-26(2)12-9-13-27(24-25-19(16-32-24)17-10-7-6-8-11-17)23(28)18-14-20(29-3)22(31-5)21(15-18)30-4/h6-8,10-11,14-16H,9,12-13H2,1-5H3. The largest absolute Gasteiger partial charge is 0.493 e. The predicted molar refractivity (Wildman–Crippen MR) is 128 cm³/mol. The molecule has 0 saturated heterocycles. The second-order valence-corrected chi connectivity index (χ2v) is 8.25. The zero-order chi connectivity index (χ0) is 23.1. The summed E-state index contributed by atoms with van der Waals surface area (Å²) in [6.45, 7) is 1.39. The molecule has 1 aromatic heterocycles. The van der Waals surface area contributed by atoms with Gasteiger partial charge in [-0.25, -0.2) is 4.98 Å². The number of amides is 1. The first-order valence-corrected chi connectivity index (χ1v) is 11.1. The van der Waals surface area contributed by atoms with Gasteiger partial charge in [0, 0.05) is 23.1 Å². The fourth-order valence-corrected chi connectivity index (χ4v) is 4.18. The van der Waals surface area contributed by atoms with Gasteiger partial charge in [0.25, 0.3) is 5.91 Å². The van der Waals surface area contributed by atoms with Crippen LogP contribution in [0.5, 0.6) is 17.2 Å². The van der Waals surface area contributed by atoms with E-state index in [2.05, 4.69) is 4.90 Å². The van der Waals surface area contributed by atoms with Gasteiger partial charge in [0.1, 0.15) is 0 Å². The van der Waals surface area contributed by atoms with Crippen molar-refractivity contribution in [3.05, 3.63) is 53.4 Å². The van der Waals surface area contributed by atoms with Crippen LogP contribution in [0.2, 0.25) is 0 Å². The zero-order valence-electron chi connectivity index (χ0n) is 19.1. The Bertz CT molecular complexity index is 1010. The average molecular weight is 456 g/mol. The fraction of sp³-hybridized carbons (Fsp3) is 0.333. The van der Waals surface area contributed by atoms with Crippen molar-refractivity contribution in [3.8, 4) is 28.5 Å². The Morgan fingerprint density at radius 1 is 0.969 bits per heavy atom. The van der Waals surface area contributed by atoms with E-state index in [1.165, 1.54) is 32.7 Å². The van der Waals surface area contributed by atoms with Gasteiger partial charge < -0.3 is 19.1 Å². The molecule has 7 nitrogen and oxygen atoms in total. The van der Waals surface area contributed by atoms with Gasteiger partial charge in [-0.05, 0) is 39.2 Å². The molecule has 2 aromatic carbocycles. The summed E-state index contributed by atoms with van der Waals surface area (Å²) in [5.74, 6) is 1.16. The van der Waals surface area contributed by atoms with Gasteiger partial charge in [0.2, 0.25) is 5.75 Å². The maximum absolute atomic E-state index is 13.6. The van der Waals surface area contributed by atoms with Crippen LogP contribution in [0.25, 0.3) is 11.3 Å². The Morgan fingerprint density at radius 3 is 2.19 bits per heavy atom. The van der Waals surface area contributed by atoms with E-state index in [1.54, 1.807) is 17.0 Å². The smallest absolute Gasteiger partial charge is 0.260 e. The van der Waals surface area contributed by atoms with Gasteiger partial charge in [-0.15, -0.1) is 11.3 Å². The van der Waals surface area contributed by atoms with E-state index >= 15 is 0 Å². The van der Waals surface area contributed by atoms with Crippen molar-refractivity contribution in [2.24, 2.45) is 0 Å². The van der Waals surface area contributed by atoms with Crippen molar-refractivity contribution in [1.82, 2.24) is 9.88 Å². The number of thiazole rings is 1. The molecule has 0 bridgehead atoms. The molecule has 0 fully saturated rings. The Labute approximate surface area is 193 Å². The van der Waals surface area contributed by atoms with E-state index in [0.29, 0.717) is 34.5 Å². The van der Waals surface area contributed by atoms with Crippen LogP contribution in [-0.2, 0) is 0 Å². The molecule has 170 valence electrons. The van der Waals surface area contributed by atoms with Gasteiger partial charge >= 0.3 is 0 Å². The minimum absolute atomic E-state index is 0.169. The first-order valence-electron chi connectivity index (χ1n) is 10.3. The van der Waals surface area contributed by atoms with Crippen LogP contribution in [0.15, 0.2) is 47.8 Å². The van der Waals surface area contributed by atoms with Crippen molar-refractivity contribution in [2.75, 3.05) is 53.4 Å². The number of carbonyl (C=O) groups excluding carboxylic acids is 1.